The molecule has 0 radical (unpaired) electrons. The molecule has 0 atom stereocenters. The number of aromatic nitrogens is 2. The van der Waals surface area contributed by atoms with E-state index in [1.165, 1.54) is 6.07 Å². The molecule has 1 heterocycles. The number of benzene rings is 1. The van der Waals surface area contributed by atoms with Crippen molar-refractivity contribution in [3.63, 3.8) is 0 Å². The quantitative estimate of drug-likeness (QED) is 0.521. The van der Waals surface area contributed by atoms with Crippen molar-refractivity contribution >= 4 is 42.9 Å². The van der Waals surface area contributed by atoms with Crippen LogP contribution in [0, 0.1) is 0 Å². The molecule has 1 N–H and O–H groups in total. The Kier molecular flexibility index (Phi) is 4.44. The molecule has 0 saturated heterocycles. The Morgan fingerprint density at radius 2 is 1.38 bits per heavy atom. The lowest BCUT2D eigenvalue weighted by Gasteiger charge is -2.32. The normalized spacial score (nSPS) is 14.5. The molecule has 2 nitrogen and oxygen atoms in total. The van der Waals surface area contributed by atoms with Gasteiger partial charge in [-0.05, 0) is 28.1 Å². The van der Waals surface area contributed by atoms with E-state index in [2.05, 4.69) is 36.8 Å². The maximum absolute atomic E-state index is 13.8. The van der Waals surface area contributed by atoms with Gasteiger partial charge >= 0.3 is 23.9 Å². The van der Waals surface area contributed by atoms with Gasteiger partial charge in [0.05, 0.1) is 5.52 Å². The van der Waals surface area contributed by atoms with Crippen LogP contribution in [-0.2, 0) is 5.92 Å². The van der Waals surface area contributed by atoms with Crippen molar-refractivity contribution in [2.75, 3.05) is 0 Å². The number of fused-ring (bicyclic) bond motifs is 1. The molecule has 1 aromatic carbocycles. The van der Waals surface area contributed by atoms with Gasteiger partial charge in [-0.25, -0.2) is 4.98 Å². The Morgan fingerprint density at radius 1 is 0.833 bits per heavy atom. The van der Waals surface area contributed by atoms with Gasteiger partial charge in [0, 0.05) is 8.95 Å². The molecule has 0 aliphatic heterocycles. The average Bonchev–Trinajstić information content (AvgIpc) is 2.81. The smallest absolute Gasteiger partial charge is 0.337 e. The highest BCUT2D eigenvalue weighted by molar-refractivity contribution is 9.11. The lowest BCUT2D eigenvalue weighted by molar-refractivity contribution is -0.400. The van der Waals surface area contributed by atoms with Crippen molar-refractivity contribution < 1.29 is 39.5 Å². The summed E-state index contributed by atoms with van der Waals surface area (Å²) in [5, 5.41) is 0. The summed E-state index contributed by atoms with van der Waals surface area (Å²) in [6, 6.07) is 2.39. The van der Waals surface area contributed by atoms with E-state index in [-0.39, 0.29) is 20.0 Å². The summed E-state index contributed by atoms with van der Waals surface area (Å²) in [7, 11) is 0. The number of hydrogen-bond donors (Lipinski definition) is 1. The number of nitrogens with zero attached hydrogens (tertiary/aromatic N) is 1. The van der Waals surface area contributed by atoms with E-state index in [1.807, 2.05) is 0 Å². The molecule has 24 heavy (non-hydrogen) atoms. The van der Waals surface area contributed by atoms with Gasteiger partial charge in [0.2, 0.25) is 0 Å². The third-order valence-corrected chi connectivity index (χ3v) is 4.01. The van der Waals surface area contributed by atoms with Crippen molar-refractivity contribution in [3.8, 4) is 0 Å². The van der Waals surface area contributed by atoms with Crippen LogP contribution in [0.2, 0.25) is 0 Å². The molecular weight excluding hydrogens is 491 g/mol. The van der Waals surface area contributed by atoms with E-state index in [0.717, 1.165) is 6.07 Å². The number of halogens is 11. The van der Waals surface area contributed by atoms with Crippen LogP contribution in [0.25, 0.3) is 11.0 Å². The van der Waals surface area contributed by atoms with E-state index in [0.29, 0.717) is 0 Å². The second kappa shape index (κ2) is 5.51. The molecule has 0 aliphatic rings. The zero-order valence-electron chi connectivity index (χ0n) is 10.8. The molecule has 2 aromatic rings. The molecule has 13 heteroatoms. The standard InChI is InChI=1S/C11H3Br2F9N2/c12-3-1-4(13)6-5(2-3)23-7(24-6)8(14,15)9(16,17)10(18,19)11(20,21)22/h1-2H,(H,23,24). The summed E-state index contributed by atoms with van der Waals surface area (Å²) in [4.78, 5) is 4.68. The van der Waals surface area contributed by atoms with Crippen LogP contribution >= 0.6 is 31.9 Å². The Bertz CT molecular complexity index is 782. The molecule has 134 valence electrons. The first kappa shape index (κ1) is 19.3. The van der Waals surface area contributed by atoms with Gasteiger partial charge in [-0.1, -0.05) is 15.9 Å². The van der Waals surface area contributed by atoms with Gasteiger partial charge in [0.1, 0.15) is 5.52 Å². The summed E-state index contributed by atoms with van der Waals surface area (Å²) >= 11 is 5.83. The Labute approximate surface area is 143 Å². The molecule has 0 amide bonds. The maximum atomic E-state index is 13.8. The van der Waals surface area contributed by atoms with E-state index in [9.17, 15) is 39.5 Å². The average molecular weight is 494 g/mol. The fourth-order valence-corrected chi connectivity index (χ4v) is 3.03. The second-order valence-electron chi connectivity index (χ2n) is 4.59. The van der Waals surface area contributed by atoms with Gasteiger partial charge < -0.3 is 4.98 Å². The highest BCUT2D eigenvalue weighted by Gasteiger charge is 2.82. The third-order valence-electron chi connectivity index (χ3n) is 2.95. The molecular formula is C11H3Br2F9N2. The Hall–Kier alpha value is -0.980. The lowest BCUT2D eigenvalue weighted by atomic mass is 10.0. The highest BCUT2D eigenvalue weighted by Crippen LogP contribution is 2.56. The van der Waals surface area contributed by atoms with Crippen molar-refractivity contribution in [2.45, 2.75) is 23.9 Å². The third kappa shape index (κ3) is 2.68. The summed E-state index contributed by atoms with van der Waals surface area (Å²) in [5.74, 6) is -21.7. The first-order valence-electron chi connectivity index (χ1n) is 5.68. The molecule has 0 spiro atoms. The monoisotopic (exact) mass is 492 g/mol. The molecule has 0 saturated carbocycles. The van der Waals surface area contributed by atoms with Crippen LogP contribution in [0.5, 0.6) is 0 Å². The minimum Gasteiger partial charge on any atom is -0.337 e. The van der Waals surface area contributed by atoms with Crippen LogP contribution in [0.4, 0.5) is 39.5 Å². The number of imidazole rings is 1. The van der Waals surface area contributed by atoms with E-state index < -0.39 is 29.8 Å². The van der Waals surface area contributed by atoms with Crippen LogP contribution in [-0.4, -0.2) is 28.0 Å². The van der Waals surface area contributed by atoms with Crippen LogP contribution in [0.1, 0.15) is 5.82 Å². The molecule has 0 unspecified atom stereocenters. The SMILES string of the molecule is FC(F)(F)C(F)(F)C(F)(F)C(F)(F)c1nc2c(Br)cc(Br)cc2[nH]1. The number of alkyl halides is 9. The number of rotatable bonds is 3. The predicted molar refractivity (Wildman–Crippen MR) is 71.3 cm³/mol. The zero-order valence-corrected chi connectivity index (χ0v) is 13.9. The largest absolute Gasteiger partial charge is 0.460 e. The van der Waals surface area contributed by atoms with Gasteiger partial charge in [-0.15, -0.1) is 0 Å². The number of aromatic amines is 1. The van der Waals surface area contributed by atoms with Crippen LogP contribution < -0.4 is 0 Å². The molecule has 1 aromatic heterocycles. The maximum Gasteiger partial charge on any atom is 0.460 e. The van der Waals surface area contributed by atoms with E-state index in [1.54, 1.807) is 4.98 Å². The number of nitrogens with one attached hydrogen (secondary N) is 1. The second-order valence-corrected chi connectivity index (χ2v) is 6.36. The predicted octanol–water partition coefficient (Wildman–Crippen LogP) is 6.01. The summed E-state index contributed by atoms with van der Waals surface area (Å²) < 4.78 is 117. The van der Waals surface area contributed by atoms with Crippen molar-refractivity contribution in [2.24, 2.45) is 0 Å². The minimum atomic E-state index is -6.97. The van der Waals surface area contributed by atoms with Gasteiger partial charge in [0.15, 0.2) is 5.82 Å². The van der Waals surface area contributed by atoms with Crippen molar-refractivity contribution in [1.82, 2.24) is 9.97 Å². The fourth-order valence-electron chi connectivity index (χ4n) is 1.71. The van der Waals surface area contributed by atoms with Crippen molar-refractivity contribution in [3.05, 3.63) is 26.9 Å². The molecule has 0 aliphatic carbocycles. The Balaban J connectivity index is 2.63. The van der Waals surface area contributed by atoms with Crippen LogP contribution in [0.15, 0.2) is 21.1 Å². The number of hydrogen-bond acceptors (Lipinski definition) is 1. The summed E-state index contributed by atoms with van der Waals surface area (Å²) in [6.07, 6.45) is -6.88. The van der Waals surface area contributed by atoms with Gasteiger partial charge in [0.25, 0.3) is 0 Å². The number of H-pyrrole nitrogens is 1. The van der Waals surface area contributed by atoms with Crippen molar-refractivity contribution in [1.29, 1.82) is 0 Å². The summed E-state index contributed by atoms with van der Waals surface area (Å²) in [6.45, 7) is 0. The van der Waals surface area contributed by atoms with E-state index >= 15 is 0 Å². The molecule has 0 fully saturated rings. The van der Waals surface area contributed by atoms with Gasteiger partial charge in [-0.3, -0.25) is 0 Å². The molecule has 2 rings (SSSR count). The zero-order chi connectivity index (χ0) is 18.7. The van der Waals surface area contributed by atoms with E-state index in [4.69, 9.17) is 0 Å². The molecule has 0 bridgehead atoms. The highest BCUT2D eigenvalue weighted by atomic mass is 79.9. The fraction of sp³-hybridized carbons (Fsp3) is 0.364. The summed E-state index contributed by atoms with van der Waals surface area (Å²) in [5.41, 5.74) is -0.629. The first-order valence-corrected chi connectivity index (χ1v) is 7.27. The van der Waals surface area contributed by atoms with Gasteiger partial charge in [-0.2, -0.15) is 39.5 Å². The Morgan fingerprint density at radius 3 is 1.88 bits per heavy atom. The minimum absolute atomic E-state index is 0.0241. The van der Waals surface area contributed by atoms with Crippen LogP contribution in [0.3, 0.4) is 0 Å². The lowest BCUT2D eigenvalue weighted by Crippen LogP contribution is -2.59. The topological polar surface area (TPSA) is 28.7 Å². The first-order chi connectivity index (χ1) is 10.6.